The molecular formula is C23H44N2O9. The Morgan fingerprint density at radius 2 is 1.06 bits per heavy atom. The van der Waals surface area contributed by atoms with Gasteiger partial charge in [-0.3, -0.25) is 0 Å². The van der Waals surface area contributed by atoms with Crippen molar-refractivity contribution in [1.82, 2.24) is 5.32 Å². The molecule has 2 aliphatic carbocycles. The molecule has 1 amide bonds. The van der Waals surface area contributed by atoms with Gasteiger partial charge in [0.25, 0.3) is 0 Å². The van der Waals surface area contributed by atoms with Gasteiger partial charge in [-0.15, -0.1) is 0 Å². The summed E-state index contributed by atoms with van der Waals surface area (Å²) in [6.45, 7) is 15.5. The molecule has 5 N–H and O–H groups in total. The van der Waals surface area contributed by atoms with Gasteiger partial charge in [-0.05, 0) is 88.0 Å². The van der Waals surface area contributed by atoms with Crippen LogP contribution < -0.4 is 11.1 Å². The van der Waals surface area contributed by atoms with Gasteiger partial charge >= 0.3 is 18.4 Å². The Labute approximate surface area is 202 Å². The normalized spacial score (nSPS) is 23.8. The molecule has 11 heteroatoms. The van der Waals surface area contributed by atoms with Crippen LogP contribution in [0, 0.1) is 0 Å². The Balaban J connectivity index is 0.000000518. The van der Waals surface area contributed by atoms with E-state index < -0.39 is 35.2 Å². The first kappa shape index (κ1) is 31.9. The number of nitrogens with two attached hydrogens (primary N) is 1. The zero-order chi connectivity index (χ0) is 26.9. The van der Waals surface area contributed by atoms with Crippen molar-refractivity contribution < 1.29 is 43.5 Å². The molecule has 0 aromatic heterocycles. The minimum absolute atomic E-state index is 0.0833. The maximum absolute atomic E-state index is 11.2. The van der Waals surface area contributed by atoms with Crippen LogP contribution in [-0.2, 0) is 18.9 Å². The van der Waals surface area contributed by atoms with Crippen LogP contribution in [0.4, 0.5) is 14.4 Å². The number of rotatable bonds is 1. The highest BCUT2D eigenvalue weighted by molar-refractivity contribution is 5.77. The molecule has 0 aromatic carbocycles. The van der Waals surface area contributed by atoms with Gasteiger partial charge in [-0.25, -0.2) is 14.4 Å². The lowest BCUT2D eigenvalue weighted by Crippen LogP contribution is -2.48. The fraction of sp³-hybridized carbons (Fsp3) is 0.870. The fourth-order valence-corrected chi connectivity index (χ4v) is 2.42. The highest BCUT2D eigenvalue weighted by Crippen LogP contribution is 2.20. The van der Waals surface area contributed by atoms with Crippen LogP contribution in [0.3, 0.4) is 0 Å². The van der Waals surface area contributed by atoms with Crippen LogP contribution in [0.15, 0.2) is 0 Å². The Hall–Kier alpha value is -2.11. The average Bonchev–Trinajstić information content (AvgIpc) is 2.47. The van der Waals surface area contributed by atoms with Crippen molar-refractivity contribution in [3.05, 3.63) is 0 Å². The van der Waals surface area contributed by atoms with E-state index in [0.717, 1.165) is 12.8 Å². The molecule has 11 nitrogen and oxygen atoms in total. The van der Waals surface area contributed by atoms with E-state index in [0.29, 0.717) is 18.9 Å². The van der Waals surface area contributed by atoms with E-state index in [1.165, 1.54) is 0 Å². The second kappa shape index (κ2) is 13.1. The molecule has 0 aliphatic heterocycles. The highest BCUT2D eigenvalue weighted by atomic mass is 16.8. The summed E-state index contributed by atoms with van der Waals surface area (Å²) in [6.07, 6.45) is 0.0382. The first-order chi connectivity index (χ1) is 15.1. The maximum atomic E-state index is 11.2. The first-order valence-electron chi connectivity index (χ1n) is 11.4. The maximum Gasteiger partial charge on any atom is 0.519 e. The molecule has 2 rings (SSSR count). The summed E-state index contributed by atoms with van der Waals surface area (Å²) >= 11 is 0. The molecule has 0 bridgehead atoms. The van der Waals surface area contributed by atoms with E-state index >= 15 is 0 Å². The van der Waals surface area contributed by atoms with Crippen LogP contribution in [0.2, 0.25) is 0 Å². The molecule has 0 aromatic rings. The van der Waals surface area contributed by atoms with Crippen LogP contribution in [0.1, 0.15) is 88.0 Å². The van der Waals surface area contributed by atoms with Crippen molar-refractivity contribution >= 4 is 18.4 Å². The zero-order valence-corrected chi connectivity index (χ0v) is 22.0. The average molecular weight is 493 g/mol. The largest absolute Gasteiger partial charge is 0.519 e. The second-order valence-electron chi connectivity index (χ2n) is 11.4. The van der Waals surface area contributed by atoms with E-state index in [1.54, 1.807) is 41.5 Å². The van der Waals surface area contributed by atoms with Gasteiger partial charge in [0.1, 0.15) is 16.8 Å². The molecule has 200 valence electrons. The number of ether oxygens (including phenoxy) is 4. The summed E-state index contributed by atoms with van der Waals surface area (Å²) < 4.78 is 18.8. The number of carbonyl (C=O) groups excluding carboxylic acids is 3. The predicted molar refractivity (Wildman–Crippen MR) is 125 cm³/mol. The molecule has 0 heterocycles. The number of aliphatic hydroxyl groups excluding tert-OH is 2. The SMILES string of the molecule is CC(C)(C)OC(=O)NC1CC(O)C1.CC(C)(C)OC(=O)OC(=O)OC(C)(C)C.NC1CC(O)C1. The Bertz CT molecular complexity index is 619. The van der Waals surface area contributed by atoms with Crippen molar-refractivity contribution in [2.24, 2.45) is 5.73 Å². The van der Waals surface area contributed by atoms with E-state index in [9.17, 15) is 14.4 Å². The van der Waals surface area contributed by atoms with Crippen molar-refractivity contribution in [1.29, 1.82) is 0 Å². The van der Waals surface area contributed by atoms with Crippen molar-refractivity contribution in [2.75, 3.05) is 0 Å². The van der Waals surface area contributed by atoms with Crippen LogP contribution in [0.25, 0.3) is 0 Å². The summed E-state index contributed by atoms with van der Waals surface area (Å²) in [5.41, 5.74) is 3.47. The lowest BCUT2D eigenvalue weighted by molar-refractivity contribution is -0.0294. The standard InChI is InChI=1S/C10H18O5.C9H17NO3.C4H9NO/c1-9(2,3)14-7(11)13-8(12)15-10(4,5)6;1-9(2,3)13-8(12)10-6-4-7(11)5-6;5-3-1-4(6)2-3/h1-6H3;6-7,11H,4-5H2,1-3H3,(H,10,12);3-4,6H,1-2,5H2. The summed E-state index contributed by atoms with van der Waals surface area (Å²) in [5, 5.41) is 20.2. The van der Waals surface area contributed by atoms with Crippen molar-refractivity contribution in [3.8, 4) is 0 Å². The summed E-state index contributed by atoms with van der Waals surface area (Å²) in [5.74, 6) is 0. The monoisotopic (exact) mass is 492 g/mol. The molecule has 2 fully saturated rings. The number of hydrogen-bond donors (Lipinski definition) is 4. The van der Waals surface area contributed by atoms with Gasteiger partial charge in [0.05, 0.1) is 12.2 Å². The van der Waals surface area contributed by atoms with Crippen molar-refractivity contribution in [2.45, 2.75) is 129 Å². The smallest absolute Gasteiger partial charge is 0.444 e. The van der Waals surface area contributed by atoms with Gasteiger partial charge in [-0.1, -0.05) is 0 Å². The number of amides is 1. The van der Waals surface area contributed by atoms with Crippen molar-refractivity contribution in [3.63, 3.8) is 0 Å². The number of carbonyl (C=O) groups is 3. The van der Waals surface area contributed by atoms with Gasteiger partial charge in [0, 0.05) is 12.1 Å². The fourth-order valence-electron chi connectivity index (χ4n) is 2.42. The van der Waals surface area contributed by atoms with Crippen LogP contribution in [-0.4, -0.2) is 69.7 Å². The van der Waals surface area contributed by atoms with Crippen LogP contribution >= 0.6 is 0 Å². The topological polar surface area (TPSA) is 167 Å². The minimum Gasteiger partial charge on any atom is -0.444 e. The number of aliphatic hydroxyl groups is 2. The molecule has 2 saturated carbocycles. The van der Waals surface area contributed by atoms with E-state index in [4.69, 9.17) is 30.2 Å². The number of alkyl carbamates (subject to hydrolysis) is 1. The van der Waals surface area contributed by atoms with Gasteiger partial charge in [-0.2, -0.15) is 0 Å². The Morgan fingerprint density at radius 1 is 0.706 bits per heavy atom. The molecule has 0 radical (unpaired) electrons. The quantitative estimate of drug-likeness (QED) is 0.242. The lowest BCUT2D eigenvalue weighted by atomic mass is 9.90. The first-order valence-corrected chi connectivity index (χ1v) is 11.4. The Kier molecular flexibility index (Phi) is 12.3. The predicted octanol–water partition coefficient (Wildman–Crippen LogP) is 3.38. The number of nitrogens with one attached hydrogen (secondary N) is 1. The Morgan fingerprint density at radius 3 is 1.29 bits per heavy atom. The third-order valence-electron chi connectivity index (χ3n) is 3.93. The van der Waals surface area contributed by atoms with E-state index in [1.807, 2.05) is 20.8 Å². The second-order valence-corrected chi connectivity index (χ2v) is 11.4. The molecular weight excluding hydrogens is 448 g/mol. The summed E-state index contributed by atoms with van der Waals surface area (Å²) in [6, 6.07) is 0.379. The minimum atomic E-state index is -1.06. The molecule has 0 unspecified atom stereocenters. The third-order valence-corrected chi connectivity index (χ3v) is 3.93. The lowest BCUT2D eigenvalue weighted by Gasteiger charge is -2.32. The third kappa shape index (κ3) is 18.3. The zero-order valence-electron chi connectivity index (χ0n) is 22.0. The van der Waals surface area contributed by atoms with E-state index in [2.05, 4.69) is 10.1 Å². The number of hydrogen-bond acceptors (Lipinski definition) is 10. The van der Waals surface area contributed by atoms with Gasteiger partial charge in [0.15, 0.2) is 0 Å². The molecule has 0 atom stereocenters. The highest BCUT2D eigenvalue weighted by Gasteiger charge is 2.30. The van der Waals surface area contributed by atoms with Crippen LogP contribution in [0.5, 0.6) is 0 Å². The summed E-state index contributed by atoms with van der Waals surface area (Å²) in [4.78, 5) is 33.2. The molecule has 2 aliphatic rings. The van der Waals surface area contributed by atoms with E-state index in [-0.39, 0.29) is 18.2 Å². The summed E-state index contributed by atoms with van der Waals surface area (Å²) in [7, 11) is 0. The molecule has 0 saturated heterocycles. The molecule has 34 heavy (non-hydrogen) atoms. The van der Waals surface area contributed by atoms with Gasteiger partial charge in [0.2, 0.25) is 0 Å². The molecule has 0 spiro atoms. The van der Waals surface area contributed by atoms with Gasteiger partial charge < -0.3 is 40.2 Å².